The molecule has 206 valence electrons. The molecule has 1 saturated heterocycles. The number of aromatic nitrogens is 2. The highest BCUT2D eigenvalue weighted by Crippen LogP contribution is 2.53. The molecular weight excluding hydrogens is 498 g/mol. The zero-order valence-corrected chi connectivity index (χ0v) is 23.3. The van der Waals surface area contributed by atoms with Gasteiger partial charge >= 0.3 is 0 Å². The van der Waals surface area contributed by atoms with Crippen LogP contribution in [-0.2, 0) is 25.0 Å². The molecule has 1 aliphatic heterocycles. The Morgan fingerprint density at radius 1 is 1.08 bits per heavy atom. The molecule has 4 fully saturated rings. The van der Waals surface area contributed by atoms with Crippen molar-refractivity contribution in [3.05, 3.63) is 36.0 Å². The summed E-state index contributed by atoms with van der Waals surface area (Å²) >= 11 is 0. The molecule has 3 saturated carbocycles. The molecule has 0 spiro atoms. The van der Waals surface area contributed by atoms with Gasteiger partial charge in [-0.2, -0.15) is 0 Å². The molecule has 2 atom stereocenters. The van der Waals surface area contributed by atoms with E-state index in [0.29, 0.717) is 43.8 Å². The number of benzene rings is 1. The molecule has 0 radical (unpaired) electrons. The second kappa shape index (κ2) is 11.6. The second-order valence-corrected chi connectivity index (χ2v) is 13.4. The molecular formula is C29H41N5O3S. The molecule has 9 heteroatoms. The van der Waals surface area contributed by atoms with Gasteiger partial charge in [-0.15, -0.1) is 0 Å². The number of anilines is 2. The summed E-state index contributed by atoms with van der Waals surface area (Å²) < 4.78 is 24.9. The van der Waals surface area contributed by atoms with Crippen LogP contribution in [0.3, 0.4) is 0 Å². The first kappa shape index (κ1) is 26.2. The third kappa shape index (κ3) is 5.91. The molecule has 1 aromatic carbocycles. The highest BCUT2D eigenvalue weighted by atomic mass is 32.2. The fourth-order valence-corrected chi connectivity index (χ4v) is 7.89. The minimum absolute atomic E-state index is 0.235. The van der Waals surface area contributed by atoms with Crippen LogP contribution >= 0.6 is 0 Å². The number of ether oxygens (including phenoxy) is 2. The molecule has 2 heterocycles. The summed E-state index contributed by atoms with van der Waals surface area (Å²) in [6.45, 7) is 5.39. The van der Waals surface area contributed by atoms with Gasteiger partial charge in [-0.25, -0.2) is 9.97 Å². The van der Waals surface area contributed by atoms with Gasteiger partial charge in [0.1, 0.15) is 12.5 Å². The van der Waals surface area contributed by atoms with Crippen LogP contribution in [0.4, 0.5) is 11.5 Å². The van der Waals surface area contributed by atoms with E-state index < -0.39 is 10.8 Å². The standard InChI is InChI=1S/C29H41N5O3S/c1-21-18-36-16-15-34(21)27-17-26(29(13-14-29)38(35)25-5-3-2-4-6-25)32-28(33-27)22-7-9-23(10-8-22)30-19-37-20-31-24-11-12-24/h7-10,17,21,24-25,30-31H,2-6,11-16,18-20H2,1H3/t21-,38?/m0/s1. The lowest BCUT2D eigenvalue weighted by molar-refractivity contribution is 0.0985. The van der Waals surface area contributed by atoms with Gasteiger partial charge in [0, 0.05) is 46.0 Å². The molecule has 6 rings (SSSR count). The van der Waals surface area contributed by atoms with Crippen molar-refractivity contribution >= 4 is 22.3 Å². The molecule has 1 aromatic heterocycles. The predicted octanol–water partition coefficient (Wildman–Crippen LogP) is 4.53. The Kier molecular flexibility index (Phi) is 7.97. The molecule has 0 amide bonds. The van der Waals surface area contributed by atoms with Gasteiger partial charge in [0.05, 0.1) is 36.4 Å². The van der Waals surface area contributed by atoms with Crippen LogP contribution in [0.15, 0.2) is 30.3 Å². The maximum absolute atomic E-state index is 13.9. The van der Waals surface area contributed by atoms with Gasteiger partial charge in [-0.05, 0) is 69.7 Å². The fraction of sp³-hybridized carbons (Fsp3) is 0.655. The summed E-state index contributed by atoms with van der Waals surface area (Å²) in [5, 5.41) is 6.96. The molecule has 2 aromatic rings. The third-order valence-corrected chi connectivity index (χ3v) is 10.8. The minimum atomic E-state index is -0.914. The zero-order valence-electron chi connectivity index (χ0n) is 22.5. The van der Waals surface area contributed by atoms with Crippen molar-refractivity contribution in [1.29, 1.82) is 0 Å². The van der Waals surface area contributed by atoms with Gasteiger partial charge in [-0.3, -0.25) is 9.53 Å². The SMILES string of the molecule is C[C@H]1COCCN1c1cc(C2(S(=O)C3CCCCC3)CC2)nc(-c2ccc(NCOCNC3CC3)cc2)n1. The van der Waals surface area contributed by atoms with Gasteiger partial charge < -0.3 is 19.7 Å². The van der Waals surface area contributed by atoms with Crippen molar-refractivity contribution in [3.8, 4) is 11.4 Å². The smallest absolute Gasteiger partial charge is 0.161 e. The Bertz CT molecular complexity index is 1120. The monoisotopic (exact) mass is 539 g/mol. The number of hydrogen-bond acceptors (Lipinski definition) is 8. The van der Waals surface area contributed by atoms with E-state index in [2.05, 4.69) is 40.7 Å². The van der Waals surface area contributed by atoms with Crippen LogP contribution in [0.25, 0.3) is 11.4 Å². The summed E-state index contributed by atoms with van der Waals surface area (Å²) in [4.78, 5) is 12.5. The quantitative estimate of drug-likeness (QED) is 0.318. The van der Waals surface area contributed by atoms with Crippen molar-refractivity contribution < 1.29 is 13.7 Å². The van der Waals surface area contributed by atoms with Gasteiger partial charge in [0.25, 0.3) is 0 Å². The van der Waals surface area contributed by atoms with Crippen molar-refractivity contribution in [2.24, 2.45) is 0 Å². The Labute approximate surface area is 228 Å². The molecule has 38 heavy (non-hydrogen) atoms. The number of rotatable bonds is 11. The first-order chi connectivity index (χ1) is 18.6. The van der Waals surface area contributed by atoms with Crippen molar-refractivity contribution in [1.82, 2.24) is 15.3 Å². The summed E-state index contributed by atoms with van der Waals surface area (Å²) in [5.74, 6) is 1.63. The normalized spacial score (nSPS) is 24.2. The van der Waals surface area contributed by atoms with Crippen LogP contribution < -0.4 is 15.5 Å². The topological polar surface area (TPSA) is 88.6 Å². The number of nitrogens with zero attached hydrogens (tertiary/aromatic N) is 3. The molecule has 0 bridgehead atoms. The van der Waals surface area contributed by atoms with Gasteiger partial charge in [0.2, 0.25) is 0 Å². The van der Waals surface area contributed by atoms with E-state index in [1.807, 2.05) is 12.1 Å². The summed E-state index contributed by atoms with van der Waals surface area (Å²) in [6.07, 6.45) is 10.2. The first-order valence-electron chi connectivity index (χ1n) is 14.4. The van der Waals surface area contributed by atoms with Crippen molar-refractivity contribution in [2.75, 3.05) is 43.4 Å². The van der Waals surface area contributed by atoms with Crippen LogP contribution in [0.5, 0.6) is 0 Å². The average molecular weight is 540 g/mol. The van der Waals surface area contributed by atoms with Crippen LogP contribution in [0.2, 0.25) is 0 Å². The van der Waals surface area contributed by atoms with Crippen LogP contribution in [0, 0.1) is 0 Å². The highest BCUT2D eigenvalue weighted by molar-refractivity contribution is 7.87. The molecule has 1 unspecified atom stereocenters. The van der Waals surface area contributed by atoms with Gasteiger partial charge in [-0.1, -0.05) is 19.3 Å². The van der Waals surface area contributed by atoms with E-state index in [1.165, 1.54) is 32.1 Å². The first-order valence-corrected chi connectivity index (χ1v) is 15.6. The lowest BCUT2D eigenvalue weighted by Crippen LogP contribution is -2.44. The predicted molar refractivity (Wildman–Crippen MR) is 152 cm³/mol. The Morgan fingerprint density at radius 3 is 2.58 bits per heavy atom. The molecule has 4 aliphatic rings. The third-order valence-electron chi connectivity index (χ3n) is 8.36. The fourth-order valence-electron chi connectivity index (χ4n) is 5.67. The maximum Gasteiger partial charge on any atom is 0.161 e. The van der Waals surface area contributed by atoms with Crippen molar-refractivity contribution in [2.45, 2.75) is 86.8 Å². The van der Waals surface area contributed by atoms with E-state index in [0.717, 1.165) is 55.0 Å². The molecule has 2 N–H and O–H groups in total. The van der Waals surface area contributed by atoms with Gasteiger partial charge in [0.15, 0.2) is 5.82 Å². The van der Waals surface area contributed by atoms with E-state index in [1.54, 1.807) is 0 Å². The van der Waals surface area contributed by atoms with Crippen molar-refractivity contribution in [3.63, 3.8) is 0 Å². The van der Waals surface area contributed by atoms with E-state index in [-0.39, 0.29) is 10.8 Å². The summed E-state index contributed by atoms with van der Waals surface area (Å²) in [5.41, 5.74) is 2.92. The minimum Gasteiger partial charge on any atom is -0.377 e. The number of morpholine rings is 1. The Balaban J connectivity index is 1.23. The zero-order chi connectivity index (χ0) is 26.0. The highest BCUT2D eigenvalue weighted by Gasteiger charge is 2.54. The van der Waals surface area contributed by atoms with E-state index >= 15 is 0 Å². The lowest BCUT2D eigenvalue weighted by Gasteiger charge is -2.35. The van der Waals surface area contributed by atoms with E-state index in [9.17, 15) is 4.21 Å². The molecule has 3 aliphatic carbocycles. The van der Waals surface area contributed by atoms with Crippen LogP contribution in [-0.4, -0.2) is 64.7 Å². The molecule has 8 nitrogen and oxygen atoms in total. The van der Waals surface area contributed by atoms with E-state index in [4.69, 9.17) is 19.4 Å². The Morgan fingerprint density at radius 2 is 1.87 bits per heavy atom. The second-order valence-electron chi connectivity index (χ2n) is 11.3. The lowest BCUT2D eigenvalue weighted by atomic mass is 10.0. The Hall–Kier alpha value is -2.07. The number of nitrogens with one attached hydrogen (secondary N) is 2. The summed E-state index contributed by atoms with van der Waals surface area (Å²) in [7, 11) is -0.914. The summed E-state index contributed by atoms with van der Waals surface area (Å²) in [6, 6.07) is 11.2. The number of hydrogen-bond donors (Lipinski definition) is 2. The van der Waals surface area contributed by atoms with Crippen LogP contribution in [0.1, 0.15) is 70.4 Å². The largest absolute Gasteiger partial charge is 0.377 e. The average Bonchev–Trinajstić information content (AvgIpc) is 3.89. The maximum atomic E-state index is 13.9.